The highest BCUT2D eigenvalue weighted by Gasteiger charge is 1.91. The van der Waals surface area contributed by atoms with Crippen molar-refractivity contribution in [2.24, 2.45) is 0 Å². The standard InChI is InChI=1S/C12H10.C2H5O2P/c1-3-7-11(8-4-1)12-9-5-2-6-10-12;1-2-4-5-3/h1-10H;2H2,1H3. The van der Waals surface area contributed by atoms with Gasteiger partial charge in [-0.2, -0.15) is 0 Å². The van der Waals surface area contributed by atoms with Crippen molar-refractivity contribution in [2.45, 2.75) is 6.92 Å². The van der Waals surface area contributed by atoms with E-state index in [-0.39, 0.29) is 8.69 Å². The number of hydrogen-bond acceptors (Lipinski definition) is 2. The van der Waals surface area contributed by atoms with E-state index in [1.54, 1.807) is 6.92 Å². The molecule has 2 aromatic rings. The lowest BCUT2D eigenvalue weighted by Crippen LogP contribution is -1.73. The molecular formula is C14H15O2P. The van der Waals surface area contributed by atoms with Gasteiger partial charge >= 0.3 is 8.69 Å². The predicted molar refractivity (Wildman–Crippen MR) is 71.1 cm³/mol. The maximum atomic E-state index is 9.28. The van der Waals surface area contributed by atoms with Crippen LogP contribution in [0.3, 0.4) is 0 Å². The van der Waals surface area contributed by atoms with Crippen molar-refractivity contribution in [1.82, 2.24) is 0 Å². The second kappa shape index (κ2) is 8.63. The smallest absolute Gasteiger partial charge is 0.295 e. The van der Waals surface area contributed by atoms with E-state index in [9.17, 15) is 4.57 Å². The molecule has 0 atom stereocenters. The average Bonchev–Trinajstić information content (AvgIpc) is 2.42. The van der Waals surface area contributed by atoms with Gasteiger partial charge in [0.25, 0.3) is 0 Å². The summed E-state index contributed by atoms with van der Waals surface area (Å²) in [7, 11) is -0.220. The van der Waals surface area contributed by atoms with E-state index in [0.29, 0.717) is 6.61 Å². The van der Waals surface area contributed by atoms with Crippen LogP contribution in [-0.2, 0) is 9.09 Å². The van der Waals surface area contributed by atoms with Gasteiger partial charge in [-0.3, -0.25) is 4.52 Å². The Labute approximate surface area is 104 Å². The van der Waals surface area contributed by atoms with Crippen molar-refractivity contribution in [3.63, 3.8) is 0 Å². The van der Waals surface area contributed by atoms with E-state index in [4.69, 9.17) is 0 Å². The van der Waals surface area contributed by atoms with Gasteiger partial charge in [0.1, 0.15) is 0 Å². The van der Waals surface area contributed by atoms with Crippen molar-refractivity contribution in [2.75, 3.05) is 6.61 Å². The molecule has 0 saturated heterocycles. The van der Waals surface area contributed by atoms with Gasteiger partial charge in [-0.05, 0) is 18.1 Å². The van der Waals surface area contributed by atoms with E-state index in [0.717, 1.165) is 0 Å². The first-order valence-electron chi connectivity index (χ1n) is 5.43. The van der Waals surface area contributed by atoms with Gasteiger partial charge in [0.2, 0.25) is 0 Å². The number of rotatable bonds is 3. The molecule has 0 unspecified atom stereocenters. The maximum Gasteiger partial charge on any atom is 0.327 e. The minimum absolute atomic E-state index is 0.220. The zero-order valence-electron chi connectivity index (χ0n) is 9.74. The molecule has 0 heterocycles. The molecular weight excluding hydrogens is 231 g/mol. The van der Waals surface area contributed by atoms with Gasteiger partial charge < -0.3 is 0 Å². The first-order valence-corrected chi connectivity index (χ1v) is 6.16. The van der Waals surface area contributed by atoms with Crippen LogP contribution in [-0.4, -0.2) is 6.61 Å². The molecule has 0 bridgehead atoms. The Morgan fingerprint density at radius 1 is 0.882 bits per heavy atom. The van der Waals surface area contributed by atoms with Crippen molar-refractivity contribution < 1.29 is 9.09 Å². The highest BCUT2D eigenvalue weighted by Crippen LogP contribution is 2.17. The topological polar surface area (TPSA) is 26.3 Å². The van der Waals surface area contributed by atoms with Crippen LogP contribution < -0.4 is 0 Å². The van der Waals surface area contributed by atoms with E-state index < -0.39 is 0 Å². The van der Waals surface area contributed by atoms with Crippen LogP contribution in [0, 0.1) is 0 Å². The summed E-state index contributed by atoms with van der Waals surface area (Å²) in [6.45, 7) is 2.30. The molecule has 3 heteroatoms. The fourth-order valence-corrected chi connectivity index (χ4v) is 1.42. The van der Waals surface area contributed by atoms with Gasteiger partial charge in [-0.1, -0.05) is 60.7 Å². The van der Waals surface area contributed by atoms with Crippen molar-refractivity contribution in [3.8, 4) is 11.1 Å². The van der Waals surface area contributed by atoms with E-state index >= 15 is 0 Å². The van der Waals surface area contributed by atoms with Gasteiger partial charge in [-0.15, -0.1) is 0 Å². The molecule has 0 N–H and O–H groups in total. The third-order valence-electron chi connectivity index (χ3n) is 2.06. The summed E-state index contributed by atoms with van der Waals surface area (Å²) >= 11 is 0. The molecule has 17 heavy (non-hydrogen) atoms. The Morgan fingerprint density at radius 2 is 1.29 bits per heavy atom. The summed E-state index contributed by atoms with van der Waals surface area (Å²) in [6.07, 6.45) is 0. The van der Waals surface area contributed by atoms with E-state index in [1.807, 2.05) is 12.1 Å². The van der Waals surface area contributed by atoms with Gasteiger partial charge in [0, 0.05) is 0 Å². The van der Waals surface area contributed by atoms with E-state index in [2.05, 4.69) is 53.1 Å². The SMILES string of the molecule is CCOP=O.c1ccc(-c2ccccc2)cc1. The van der Waals surface area contributed by atoms with Crippen LogP contribution in [0.2, 0.25) is 0 Å². The molecule has 0 spiro atoms. The molecule has 0 aromatic heterocycles. The molecule has 0 aliphatic carbocycles. The third kappa shape index (κ3) is 5.39. The largest absolute Gasteiger partial charge is 0.327 e. The predicted octanol–water partition coefficient (Wildman–Crippen LogP) is 4.58. The lowest BCUT2D eigenvalue weighted by Gasteiger charge is -1.98. The molecule has 88 valence electrons. The average molecular weight is 246 g/mol. The second-order valence-electron chi connectivity index (χ2n) is 3.22. The van der Waals surface area contributed by atoms with Gasteiger partial charge in [-0.25, -0.2) is 4.57 Å². The molecule has 0 radical (unpaired) electrons. The number of hydrogen-bond donors (Lipinski definition) is 0. The molecule has 0 amide bonds. The summed E-state index contributed by atoms with van der Waals surface area (Å²) < 4.78 is 13.5. The Morgan fingerprint density at radius 3 is 1.53 bits per heavy atom. The van der Waals surface area contributed by atoms with Crippen LogP contribution >= 0.6 is 8.69 Å². The summed E-state index contributed by atoms with van der Waals surface area (Å²) in [6, 6.07) is 20.8. The zero-order valence-corrected chi connectivity index (χ0v) is 10.6. The molecule has 2 aromatic carbocycles. The Kier molecular flexibility index (Phi) is 6.89. The van der Waals surface area contributed by atoms with Crippen LogP contribution in [0.25, 0.3) is 11.1 Å². The highest BCUT2D eigenvalue weighted by molar-refractivity contribution is 7.17. The Balaban J connectivity index is 0.000000249. The van der Waals surface area contributed by atoms with Crippen LogP contribution in [0.4, 0.5) is 0 Å². The molecule has 0 saturated carbocycles. The van der Waals surface area contributed by atoms with Crippen LogP contribution in [0.1, 0.15) is 6.92 Å². The normalized spacial score (nSPS) is 9.47. The molecule has 0 fully saturated rings. The maximum absolute atomic E-state index is 9.28. The summed E-state index contributed by atoms with van der Waals surface area (Å²) in [5.41, 5.74) is 2.55. The van der Waals surface area contributed by atoms with Crippen molar-refractivity contribution in [3.05, 3.63) is 60.7 Å². The quantitative estimate of drug-likeness (QED) is 0.741. The summed E-state index contributed by atoms with van der Waals surface area (Å²) in [5, 5.41) is 0. The molecule has 0 aliphatic heterocycles. The number of benzene rings is 2. The lowest BCUT2D eigenvalue weighted by atomic mass is 10.1. The Hall–Kier alpha value is -1.50. The lowest BCUT2D eigenvalue weighted by molar-refractivity contribution is 0.365. The van der Waals surface area contributed by atoms with Gasteiger partial charge in [0.15, 0.2) is 0 Å². The zero-order chi connectivity index (χ0) is 12.3. The van der Waals surface area contributed by atoms with Gasteiger partial charge in [0.05, 0.1) is 6.61 Å². The van der Waals surface area contributed by atoms with E-state index in [1.165, 1.54) is 11.1 Å². The van der Waals surface area contributed by atoms with Crippen LogP contribution in [0.5, 0.6) is 0 Å². The fraction of sp³-hybridized carbons (Fsp3) is 0.143. The minimum atomic E-state index is -0.220. The summed E-state index contributed by atoms with van der Waals surface area (Å²) in [4.78, 5) is 0. The molecule has 0 aliphatic rings. The molecule has 2 nitrogen and oxygen atoms in total. The first kappa shape index (κ1) is 13.6. The van der Waals surface area contributed by atoms with Crippen molar-refractivity contribution in [1.29, 1.82) is 0 Å². The van der Waals surface area contributed by atoms with Crippen molar-refractivity contribution >= 4 is 8.69 Å². The third-order valence-corrected chi connectivity index (χ3v) is 2.43. The first-order chi connectivity index (χ1) is 8.38. The van der Waals surface area contributed by atoms with Crippen LogP contribution in [0.15, 0.2) is 60.7 Å². The monoisotopic (exact) mass is 246 g/mol. The fourth-order valence-electron chi connectivity index (χ4n) is 1.31. The molecule has 2 rings (SSSR count). The Bertz CT molecular complexity index is 377. The minimum Gasteiger partial charge on any atom is -0.295 e. The summed E-state index contributed by atoms with van der Waals surface area (Å²) in [5.74, 6) is 0. The highest BCUT2D eigenvalue weighted by atomic mass is 31.1. The second-order valence-corrected chi connectivity index (χ2v) is 3.63.